The lowest BCUT2D eigenvalue weighted by atomic mass is 10.2. The average molecular weight is 256 g/mol. The van der Waals surface area contributed by atoms with Gasteiger partial charge >= 0.3 is 18.2 Å². The highest BCUT2D eigenvalue weighted by Crippen LogP contribution is 2.21. The van der Waals surface area contributed by atoms with Gasteiger partial charge in [-0.1, -0.05) is 0 Å². The van der Waals surface area contributed by atoms with Gasteiger partial charge in [0.05, 0.1) is 12.8 Å². The zero-order valence-corrected chi connectivity index (χ0v) is 9.47. The first-order valence-electron chi connectivity index (χ1n) is 4.95. The molecule has 0 aliphatic carbocycles. The minimum Gasteiger partial charge on any atom is -0.481 e. The van der Waals surface area contributed by atoms with Gasteiger partial charge in [-0.05, 0) is 13.8 Å². The van der Waals surface area contributed by atoms with Crippen LogP contribution in [0.15, 0.2) is 0 Å². The Hall–Kier alpha value is -1.47. The summed E-state index contributed by atoms with van der Waals surface area (Å²) in [6.07, 6.45) is -5.77. The zero-order chi connectivity index (χ0) is 13.6. The van der Waals surface area contributed by atoms with E-state index in [-0.39, 0.29) is 6.42 Å². The van der Waals surface area contributed by atoms with Crippen LogP contribution in [-0.2, 0) is 4.79 Å². The molecule has 0 aromatic rings. The summed E-state index contributed by atoms with van der Waals surface area (Å²) in [4.78, 5) is 21.4. The molecule has 0 aromatic carbocycles. The molecule has 3 N–H and O–H groups in total. The fourth-order valence-corrected chi connectivity index (χ4v) is 1.20. The molecule has 2 amide bonds. The van der Waals surface area contributed by atoms with E-state index in [4.69, 9.17) is 5.11 Å². The maximum Gasteiger partial charge on any atom is 0.391 e. The molecule has 0 aromatic heterocycles. The van der Waals surface area contributed by atoms with Gasteiger partial charge in [0, 0.05) is 12.1 Å². The average Bonchev–Trinajstić information content (AvgIpc) is 1.95. The largest absolute Gasteiger partial charge is 0.481 e. The Morgan fingerprint density at radius 1 is 1.18 bits per heavy atom. The number of hydrogen-bond acceptors (Lipinski definition) is 2. The molecular formula is C9H15F3N2O3. The zero-order valence-electron chi connectivity index (χ0n) is 9.47. The summed E-state index contributed by atoms with van der Waals surface area (Å²) < 4.78 is 35.8. The van der Waals surface area contributed by atoms with E-state index in [1.807, 2.05) is 0 Å². The molecule has 0 aliphatic rings. The molecule has 0 spiro atoms. The van der Waals surface area contributed by atoms with Gasteiger partial charge in [0.15, 0.2) is 0 Å². The van der Waals surface area contributed by atoms with E-state index >= 15 is 0 Å². The maximum atomic E-state index is 11.9. The van der Waals surface area contributed by atoms with Crippen LogP contribution < -0.4 is 10.6 Å². The number of carbonyl (C=O) groups excluding carboxylic acids is 1. The van der Waals surface area contributed by atoms with Gasteiger partial charge in [-0.3, -0.25) is 4.79 Å². The van der Waals surface area contributed by atoms with Gasteiger partial charge in [-0.25, -0.2) is 4.79 Å². The Morgan fingerprint density at radius 3 is 2.06 bits per heavy atom. The fraction of sp³-hybridized carbons (Fsp3) is 0.778. The lowest BCUT2D eigenvalue weighted by Gasteiger charge is -2.18. The molecule has 0 radical (unpaired) electrons. The second-order valence-corrected chi connectivity index (χ2v) is 3.84. The normalized spacial score (nSPS) is 14.9. The minimum absolute atomic E-state index is 0.291. The third-order valence-electron chi connectivity index (χ3n) is 1.77. The number of rotatable bonds is 5. The number of halogens is 3. The minimum atomic E-state index is -4.35. The van der Waals surface area contributed by atoms with Crippen molar-refractivity contribution in [3.63, 3.8) is 0 Å². The summed E-state index contributed by atoms with van der Waals surface area (Å²) in [6, 6.07) is -2.52. The number of hydrogen-bond donors (Lipinski definition) is 3. The standard InChI is InChI=1S/C9H15F3N2O3/c1-5(3-7(15)16)13-8(17)14-6(2)4-9(10,11)12/h5-6H,3-4H2,1-2H3,(H,15,16)(H2,13,14,17). The molecule has 0 aliphatic heterocycles. The molecular weight excluding hydrogens is 241 g/mol. The summed E-state index contributed by atoms with van der Waals surface area (Å²) in [7, 11) is 0. The number of carbonyl (C=O) groups is 2. The number of amides is 2. The molecule has 2 unspecified atom stereocenters. The number of carboxylic acids is 1. The van der Waals surface area contributed by atoms with Crippen LogP contribution in [0.3, 0.4) is 0 Å². The second kappa shape index (κ2) is 6.31. The first-order chi connectivity index (χ1) is 7.60. The van der Waals surface area contributed by atoms with Gasteiger partial charge in [0.1, 0.15) is 0 Å². The first kappa shape index (κ1) is 15.5. The maximum absolute atomic E-state index is 11.9. The quantitative estimate of drug-likeness (QED) is 0.697. The van der Waals surface area contributed by atoms with Crippen molar-refractivity contribution in [3.05, 3.63) is 0 Å². The van der Waals surface area contributed by atoms with Crippen molar-refractivity contribution < 1.29 is 27.9 Å². The number of alkyl halides is 3. The monoisotopic (exact) mass is 256 g/mol. The van der Waals surface area contributed by atoms with Crippen LogP contribution in [0, 0.1) is 0 Å². The number of carboxylic acid groups (broad SMARTS) is 1. The van der Waals surface area contributed by atoms with Crippen molar-refractivity contribution in [2.75, 3.05) is 0 Å². The van der Waals surface area contributed by atoms with E-state index in [2.05, 4.69) is 10.6 Å². The summed E-state index contributed by atoms with van der Waals surface area (Å²) >= 11 is 0. The molecule has 100 valence electrons. The molecule has 0 saturated carbocycles. The third-order valence-corrected chi connectivity index (χ3v) is 1.77. The molecule has 5 nitrogen and oxygen atoms in total. The van der Waals surface area contributed by atoms with Crippen molar-refractivity contribution in [2.45, 2.75) is 44.9 Å². The SMILES string of the molecule is CC(CC(=O)O)NC(=O)NC(C)CC(F)(F)F. The molecule has 0 heterocycles. The van der Waals surface area contributed by atoms with Gasteiger partial charge < -0.3 is 15.7 Å². The van der Waals surface area contributed by atoms with E-state index < -0.39 is 36.7 Å². The highest BCUT2D eigenvalue weighted by molar-refractivity contribution is 5.75. The topological polar surface area (TPSA) is 78.4 Å². The van der Waals surface area contributed by atoms with Crippen LogP contribution in [-0.4, -0.2) is 35.4 Å². The van der Waals surface area contributed by atoms with Gasteiger partial charge in [0.2, 0.25) is 0 Å². The van der Waals surface area contributed by atoms with Crippen molar-refractivity contribution in [2.24, 2.45) is 0 Å². The number of aliphatic carboxylic acids is 1. The van der Waals surface area contributed by atoms with Crippen molar-refractivity contribution >= 4 is 12.0 Å². The second-order valence-electron chi connectivity index (χ2n) is 3.84. The molecule has 0 fully saturated rings. The predicted octanol–water partition coefficient (Wildman–Crippen LogP) is 1.49. The van der Waals surface area contributed by atoms with Crippen LogP contribution in [0.25, 0.3) is 0 Å². The van der Waals surface area contributed by atoms with E-state index in [1.54, 1.807) is 0 Å². The van der Waals surface area contributed by atoms with Crippen molar-refractivity contribution in [3.8, 4) is 0 Å². The lowest BCUT2D eigenvalue weighted by molar-refractivity contribution is -0.138. The van der Waals surface area contributed by atoms with Crippen LogP contribution in [0.4, 0.5) is 18.0 Å². The molecule has 0 rings (SSSR count). The van der Waals surface area contributed by atoms with E-state index in [9.17, 15) is 22.8 Å². The Kier molecular flexibility index (Phi) is 5.77. The highest BCUT2D eigenvalue weighted by Gasteiger charge is 2.30. The van der Waals surface area contributed by atoms with Gasteiger partial charge in [-0.15, -0.1) is 0 Å². The van der Waals surface area contributed by atoms with Crippen LogP contribution in [0.1, 0.15) is 26.7 Å². The Bertz CT molecular complexity index is 281. The summed E-state index contributed by atoms with van der Waals surface area (Å²) in [5.41, 5.74) is 0. The molecule has 2 atom stereocenters. The third kappa shape index (κ3) is 9.46. The van der Waals surface area contributed by atoms with Crippen LogP contribution >= 0.6 is 0 Å². The first-order valence-corrected chi connectivity index (χ1v) is 4.95. The van der Waals surface area contributed by atoms with E-state index in [0.717, 1.165) is 0 Å². The highest BCUT2D eigenvalue weighted by atomic mass is 19.4. The molecule has 8 heteroatoms. The summed E-state index contributed by atoms with van der Waals surface area (Å²) in [5, 5.41) is 12.7. The van der Waals surface area contributed by atoms with E-state index in [1.165, 1.54) is 13.8 Å². The van der Waals surface area contributed by atoms with Gasteiger partial charge in [-0.2, -0.15) is 13.2 Å². The van der Waals surface area contributed by atoms with Crippen molar-refractivity contribution in [1.29, 1.82) is 0 Å². The van der Waals surface area contributed by atoms with Crippen molar-refractivity contribution in [1.82, 2.24) is 10.6 Å². The molecule has 0 bridgehead atoms. The van der Waals surface area contributed by atoms with E-state index in [0.29, 0.717) is 0 Å². The Morgan fingerprint density at radius 2 is 1.65 bits per heavy atom. The van der Waals surface area contributed by atoms with Crippen LogP contribution in [0.2, 0.25) is 0 Å². The number of nitrogens with one attached hydrogen (secondary N) is 2. The fourth-order valence-electron chi connectivity index (χ4n) is 1.20. The summed E-state index contributed by atoms with van der Waals surface area (Å²) in [6.45, 7) is 2.66. The predicted molar refractivity (Wildman–Crippen MR) is 53.5 cm³/mol. The molecule has 17 heavy (non-hydrogen) atoms. The Balaban J connectivity index is 3.97. The van der Waals surface area contributed by atoms with Gasteiger partial charge in [0.25, 0.3) is 0 Å². The smallest absolute Gasteiger partial charge is 0.391 e. The number of urea groups is 1. The molecule has 0 saturated heterocycles. The van der Waals surface area contributed by atoms with Crippen LogP contribution in [0.5, 0.6) is 0 Å². The summed E-state index contributed by atoms with van der Waals surface area (Å²) in [5.74, 6) is -1.10. The Labute approximate surface area is 96.4 Å². The lowest BCUT2D eigenvalue weighted by Crippen LogP contribution is -2.46.